The summed E-state index contributed by atoms with van der Waals surface area (Å²) in [5.74, 6) is 0.541. The number of rotatable bonds is 1. The molecule has 0 saturated carbocycles. The Morgan fingerprint density at radius 3 is 3.00 bits per heavy atom. The Hall–Kier alpha value is -1.10. The van der Waals surface area contributed by atoms with Gasteiger partial charge in [-0.15, -0.1) is 11.3 Å². The SMILES string of the molecule is COC(=O)Nc1csc(C)n1. The molecule has 60 valence electrons. The normalized spacial score (nSPS) is 9.27. The first-order valence-electron chi connectivity index (χ1n) is 2.99. The van der Waals surface area contributed by atoms with Crippen molar-refractivity contribution in [1.82, 2.24) is 4.98 Å². The second-order valence-electron chi connectivity index (χ2n) is 1.87. The Kier molecular flexibility index (Phi) is 2.43. The molecule has 0 radical (unpaired) electrons. The molecule has 0 atom stereocenters. The first-order chi connectivity index (χ1) is 5.22. The molecule has 0 unspecified atom stereocenters. The third-order valence-electron chi connectivity index (χ3n) is 1.03. The van der Waals surface area contributed by atoms with Crippen molar-refractivity contribution in [3.05, 3.63) is 10.4 Å². The molecule has 1 amide bonds. The number of aryl methyl sites for hydroxylation is 1. The lowest BCUT2D eigenvalue weighted by atomic mass is 10.7. The van der Waals surface area contributed by atoms with Gasteiger partial charge in [-0.1, -0.05) is 0 Å². The van der Waals surface area contributed by atoms with E-state index in [9.17, 15) is 4.79 Å². The van der Waals surface area contributed by atoms with Crippen LogP contribution in [0.3, 0.4) is 0 Å². The van der Waals surface area contributed by atoms with Gasteiger partial charge in [-0.2, -0.15) is 0 Å². The molecule has 0 spiro atoms. The van der Waals surface area contributed by atoms with Crippen LogP contribution in [0.1, 0.15) is 5.01 Å². The van der Waals surface area contributed by atoms with Crippen LogP contribution in [0.25, 0.3) is 0 Å². The highest BCUT2D eigenvalue weighted by Crippen LogP contribution is 2.12. The summed E-state index contributed by atoms with van der Waals surface area (Å²) in [6.45, 7) is 1.87. The summed E-state index contributed by atoms with van der Waals surface area (Å²) in [6.07, 6.45) is -0.490. The molecule has 0 aliphatic carbocycles. The zero-order valence-corrected chi connectivity index (χ0v) is 7.07. The van der Waals surface area contributed by atoms with Crippen LogP contribution < -0.4 is 5.32 Å². The summed E-state index contributed by atoms with van der Waals surface area (Å²) in [6, 6.07) is 0. The molecular weight excluding hydrogens is 164 g/mol. The Morgan fingerprint density at radius 2 is 2.55 bits per heavy atom. The maximum Gasteiger partial charge on any atom is 0.412 e. The zero-order chi connectivity index (χ0) is 8.27. The lowest BCUT2D eigenvalue weighted by molar-refractivity contribution is 0.187. The maximum absolute atomic E-state index is 10.6. The number of hydrogen-bond donors (Lipinski definition) is 1. The molecule has 0 aliphatic heterocycles. The smallest absolute Gasteiger partial charge is 0.412 e. The highest BCUT2D eigenvalue weighted by Gasteiger charge is 2.02. The number of nitrogens with one attached hydrogen (secondary N) is 1. The molecule has 5 heteroatoms. The highest BCUT2D eigenvalue weighted by molar-refractivity contribution is 7.09. The summed E-state index contributed by atoms with van der Waals surface area (Å²) in [5, 5.41) is 5.12. The van der Waals surface area contributed by atoms with Gasteiger partial charge in [-0.05, 0) is 6.92 Å². The van der Waals surface area contributed by atoms with Crippen LogP contribution in [-0.2, 0) is 4.74 Å². The molecule has 1 heterocycles. The van der Waals surface area contributed by atoms with Gasteiger partial charge in [0, 0.05) is 5.38 Å². The second kappa shape index (κ2) is 3.34. The van der Waals surface area contributed by atoms with Crippen molar-refractivity contribution in [1.29, 1.82) is 0 Å². The molecule has 0 aliphatic rings. The first-order valence-corrected chi connectivity index (χ1v) is 3.87. The van der Waals surface area contributed by atoms with Gasteiger partial charge in [0.25, 0.3) is 0 Å². The van der Waals surface area contributed by atoms with Crippen molar-refractivity contribution in [3.63, 3.8) is 0 Å². The lowest BCUT2D eigenvalue weighted by Gasteiger charge is -1.96. The van der Waals surface area contributed by atoms with Crippen LogP contribution in [0.4, 0.5) is 10.6 Å². The maximum atomic E-state index is 10.6. The molecule has 0 aromatic carbocycles. The largest absolute Gasteiger partial charge is 0.453 e. The van der Waals surface area contributed by atoms with Crippen molar-refractivity contribution >= 4 is 23.2 Å². The van der Waals surface area contributed by atoms with Crippen LogP contribution >= 0.6 is 11.3 Å². The molecule has 1 N–H and O–H groups in total. The standard InChI is InChI=1S/C6H8N2O2S/c1-4-7-5(3-11-4)8-6(9)10-2/h3H,1-2H3,(H,8,9). The van der Waals surface area contributed by atoms with Gasteiger partial charge < -0.3 is 4.74 Å². The monoisotopic (exact) mass is 172 g/mol. The fourth-order valence-electron chi connectivity index (χ4n) is 0.576. The van der Waals surface area contributed by atoms with E-state index in [1.54, 1.807) is 5.38 Å². The van der Waals surface area contributed by atoms with Gasteiger partial charge in [-0.25, -0.2) is 9.78 Å². The van der Waals surface area contributed by atoms with E-state index in [4.69, 9.17) is 0 Å². The van der Waals surface area contributed by atoms with Crippen molar-refractivity contribution in [3.8, 4) is 0 Å². The van der Waals surface area contributed by atoms with Gasteiger partial charge in [0.2, 0.25) is 0 Å². The zero-order valence-electron chi connectivity index (χ0n) is 6.25. The Bertz CT molecular complexity index is 259. The molecule has 1 rings (SSSR count). The molecule has 11 heavy (non-hydrogen) atoms. The average molecular weight is 172 g/mol. The molecule has 0 fully saturated rings. The Labute approximate surface area is 68.2 Å². The van der Waals surface area contributed by atoms with Crippen molar-refractivity contribution < 1.29 is 9.53 Å². The Morgan fingerprint density at radius 1 is 1.82 bits per heavy atom. The molecule has 0 saturated heterocycles. The van der Waals surface area contributed by atoms with E-state index in [0.717, 1.165) is 5.01 Å². The van der Waals surface area contributed by atoms with E-state index < -0.39 is 6.09 Å². The number of aromatic nitrogens is 1. The summed E-state index contributed by atoms with van der Waals surface area (Å²) >= 11 is 1.48. The summed E-state index contributed by atoms with van der Waals surface area (Å²) in [7, 11) is 1.31. The molecule has 1 aromatic heterocycles. The molecule has 4 nitrogen and oxygen atoms in total. The number of anilines is 1. The number of carbonyl (C=O) groups is 1. The number of ether oxygens (including phenoxy) is 1. The first kappa shape index (κ1) is 8.00. The lowest BCUT2D eigenvalue weighted by Crippen LogP contribution is -2.10. The van der Waals surface area contributed by atoms with Crippen LogP contribution in [0, 0.1) is 6.92 Å². The number of hydrogen-bond acceptors (Lipinski definition) is 4. The highest BCUT2D eigenvalue weighted by atomic mass is 32.1. The minimum absolute atomic E-state index is 0.490. The second-order valence-corrected chi connectivity index (χ2v) is 2.93. The van der Waals surface area contributed by atoms with Crippen molar-refractivity contribution in [2.75, 3.05) is 12.4 Å². The van der Waals surface area contributed by atoms with E-state index in [1.165, 1.54) is 18.4 Å². The van der Waals surface area contributed by atoms with Gasteiger partial charge in [0.15, 0.2) is 0 Å². The van der Waals surface area contributed by atoms with E-state index in [0.29, 0.717) is 5.82 Å². The van der Waals surface area contributed by atoms with Crippen molar-refractivity contribution in [2.24, 2.45) is 0 Å². The predicted molar refractivity (Wildman–Crippen MR) is 42.9 cm³/mol. The molecule has 1 aromatic rings. The number of methoxy groups -OCH3 is 1. The van der Waals surface area contributed by atoms with Gasteiger partial charge >= 0.3 is 6.09 Å². The molecule has 0 bridgehead atoms. The van der Waals surface area contributed by atoms with E-state index in [2.05, 4.69) is 15.0 Å². The quantitative estimate of drug-likeness (QED) is 0.700. The van der Waals surface area contributed by atoms with Gasteiger partial charge in [-0.3, -0.25) is 5.32 Å². The van der Waals surface area contributed by atoms with Gasteiger partial charge in [0.1, 0.15) is 5.82 Å². The number of thiazole rings is 1. The number of carbonyl (C=O) groups excluding carboxylic acids is 1. The summed E-state index contributed by atoms with van der Waals surface area (Å²) in [4.78, 5) is 14.6. The fourth-order valence-corrected chi connectivity index (χ4v) is 1.12. The van der Waals surface area contributed by atoms with Crippen molar-refractivity contribution in [2.45, 2.75) is 6.92 Å². The number of amides is 1. The van der Waals surface area contributed by atoms with Crippen LogP contribution in [0.2, 0.25) is 0 Å². The minimum atomic E-state index is -0.490. The van der Waals surface area contributed by atoms with Crippen LogP contribution in [-0.4, -0.2) is 18.2 Å². The topological polar surface area (TPSA) is 51.2 Å². The van der Waals surface area contributed by atoms with E-state index in [-0.39, 0.29) is 0 Å². The third-order valence-corrected chi connectivity index (χ3v) is 1.81. The third kappa shape index (κ3) is 2.19. The van der Waals surface area contributed by atoms with Gasteiger partial charge in [0.05, 0.1) is 12.1 Å². The summed E-state index contributed by atoms with van der Waals surface area (Å²) in [5.41, 5.74) is 0. The minimum Gasteiger partial charge on any atom is -0.453 e. The van der Waals surface area contributed by atoms with Crippen LogP contribution in [0.5, 0.6) is 0 Å². The molecular formula is C6H8N2O2S. The van der Waals surface area contributed by atoms with E-state index in [1.807, 2.05) is 6.92 Å². The number of nitrogens with zero attached hydrogens (tertiary/aromatic N) is 1. The average Bonchev–Trinajstić information content (AvgIpc) is 2.35. The predicted octanol–water partition coefficient (Wildman–Crippen LogP) is 1.63. The summed E-state index contributed by atoms with van der Waals surface area (Å²) < 4.78 is 4.38. The fraction of sp³-hybridized carbons (Fsp3) is 0.333. The van der Waals surface area contributed by atoms with E-state index >= 15 is 0 Å². The van der Waals surface area contributed by atoms with Crippen LogP contribution in [0.15, 0.2) is 5.38 Å². The Balaban J connectivity index is 2.57.